The van der Waals surface area contributed by atoms with Gasteiger partial charge in [0.25, 0.3) is 5.91 Å². The average Bonchev–Trinajstić information content (AvgIpc) is 3.12. The molecule has 1 fully saturated rings. The van der Waals surface area contributed by atoms with Crippen LogP contribution in [0.5, 0.6) is 0 Å². The van der Waals surface area contributed by atoms with E-state index < -0.39 is 0 Å². The minimum Gasteiger partial charge on any atom is -0.335 e. The Bertz CT molecular complexity index is 636. The van der Waals surface area contributed by atoms with Gasteiger partial charge in [-0.2, -0.15) is 0 Å². The number of rotatable bonds is 5. The first-order chi connectivity index (χ1) is 11.2. The first kappa shape index (κ1) is 15.7. The van der Waals surface area contributed by atoms with E-state index in [1.807, 2.05) is 11.0 Å². The van der Waals surface area contributed by atoms with E-state index in [4.69, 9.17) is 0 Å². The van der Waals surface area contributed by atoms with Crippen molar-refractivity contribution in [2.24, 2.45) is 0 Å². The van der Waals surface area contributed by atoms with Crippen molar-refractivity contribution < 1.29 is 9.18 Å². The largest absolute Gasteiger partial charge is 0.335 e. The average molecular weight is 312 g/mol. The molecule has 0 radical (unpaired) electrons. The van der Waals surface area contributed by atoms with Crippen LogP contribution in [0.4, 0.5) is 4.39 Å². The van der Waals surface area contributed by atoms with Crippen LogP contribution in [0.15, 0.2) is 48.8 Å². The van der Waals surface area contributed by atoms with E-state index in [1.54, 1.807) is 30.6 Å². The summed E-state index contributed by atoms with van der Waals surface area (Å²) in [6.07, 6.45) is 8.53. The maximum absolute atomic E-state index is 13.0. The summed E-state index contributed by atoms with van der Waals surface area (Å²) in [5, 5.41) is 0. The molecule has 0 N–H and O–H groups in total. The van der Waals surface area contributed by atoms with Crippen molar-refractivity contribution in [1.29, 1.82) is 0 Å². The summed E-state index contributed by atoms with van der Waals surface area (Å²) in [6.45, 7) is 0.657. The summed E-state index contributed by atoms with van der Waals surface area (Å²) in [6, 6.07) is 10.4. The highest BCUT2D eigenvalue weighted by atomic mass is 19.1. The number of carbonyl (C=O) groups excluding carboxylic acids is 1. The number of halogens is 1. The van der Waals surface area contributed by atoms with Gasteiger partial charge in [-0.25, -0.2) is 4.39 Å². The van der Waals surface area contributed by atoms with Gasteiger partial charge < -0.3 is 4.90 Å². The van der Waals surface area contributed by atoms with Crippen LogP contribution in [0.1, 0.15) is 41.6 Å². The summed E-state index contributed by atoms with van der Waals surface area (Å²) in [7, 11) is 0. The highest BCUT2D eigenvalue weighted by Gasteiger charge is 2.27. The molecule has 0 saturated heterocycles. The number of hydrogen-bond donors (Lipinski definition) is 0. The van der Waals surface area contributed by atoms with E-state index >= 15 is 0 Å². The molecule has 0 unspecified atom stereocenters. The quantitative estimate of drug-likeness (QED) is 0.840. The summed E-state index contributed by atoms with van der Waals surface area (Å²) in [4.78, 5) is 18.9. The van der Waals surface area contributed by atoms with E-state index in [1.165, 1.54) is 25.0 Å². The van der Waals surface area contributed by atoms with E-state index in [2.05, 4.69) is 4.98 Å². The molecule has 4 heteroatoms. The van der Waals surface area contributed by atoms with Gasteiger partial charge >= 0.3 is 0 Å². The second-order valence-electron chi connectivity index (χ2n) is 6.05. The Labute approximate surface area is 136 Å². The van der Waals surface area contributed by atoms with Gasteiger partial charge in [-0.15, -0.1) is 0 Å². The lowest BCUT2D eigenvalue weighted by molar-refractivity contribution is 0.0683. The molecule has 1 heterocycles. The Hall–Kier alpha value is -2.23. The van der Waals surface area contributed by atoms with Gasteiger partial charge in [-0.05, 0) is 49.1 Å². The van der Waals surface area contributed by atoms with Crippen LogP contribution >= 0.6 is 0 Å². The number of hydrogen-bond acceptors (Lipinski definition) is 2. The van der Waals surface area contributed by atoms with Crippen LogP contribution in [0.25, 0.3) is 0 Å². The van der Waals surface area contributed by atoms with Crippen molar-refractivity contribution in [3.63, 3.8) is 0 Å². The molecule has 2 aromatic rings. The lowest BCUT2D eigenvalue weighted by Gasteiger charge is -2.29. The maximum atomic E-state index is 13.0. The smallest absolute Gasteiger partial charge is 0.255 e. The molecule has 1 amide bonds. The molecule has 23 heavy (non-hydrogen) atoms. The van der Waals surface area contributed by atoms with Gasteiger partial charge in [-0.1, -0.05) is 25.0 Å². The number of carbonyl (C=O) groups is 1. The van der Waals surface area contributed by atoms with Crippen molar-refractivity contribution in [3.8, 4) is 0 Å². The zero-order valence-electron chi connectivity index (χ0n) is 13.1. The molecular weight excluding hydrogens is 291 g/mol. The molecule has 0 atom stereocenters. The van der Waals surface area contributed by atoms with Gasteiger partial charge in [0.1, 0.15) is 5.82 Å². The second kappa shape index (κ2) is 7.36. The first-order valence-electron chi connectivity index (χ1n) is 8.19. The van der Waals surface area contributed by atoms with Crippen molar-refractivity contribution in [3.05, 3.63) is 65.7 Å². The fraction of sp³-hybridized carbons (Fsp3) is 0.368. The molecule has 3 nitrogen and oxygen atoms in total. The summed E-state index contributed by atoms with van der Waals surface area (Å²) < 4.78 is 13.0. The molecular formula is C19H21FN2O. The van der Waals surface area contributed by atoms with Crippen molar-refractivity contribution in [2.45, 2.75) is 38.1 Å². The normalized spacial score (nSPS) is 14.8. The molecule has 1 aliphatic carbocycles. The molecule has 0 spiro atoms. The second-order valence-corrected chi connectivity index (χ2v) is 6.05. The molecule has 1 aromatic heterocycles. The monoisotopic (exact) mass is 312 g/mol. The van der Waals surface area contributed by atoms with Crippen LogP contribution in [-0.4, -0.2) is 28.4 Å². The van der Waals surface area contributed by atoms with E-state index in [9.17, 15) is 9.18 Å². The third-order valence-corrected chi connectivity index (χ3v) is 4.49. The van der Waals surface area contributed by atoms with E-state index in [0.717, 1.165) is 24.8 Å². The number of nitrogens with zero attached hydrogens (tertiary/aromatic N) is 2. The Balaban J connectivity index is 1.73. The number of pyridine rings is 1. The van der Waals surface area contributed by atoms with Gasteiger partial charge in [-0.3, -0.25) is 9.78 Å². The van der Waals surface area contributed by atoms with Crippen LogP contribution in [0, 0.1) is 5.82 Å². The molecule has 0 bridgehead atoms. The predicted octanol–water partition coefficient (Wildman–Crippen LogP) is 3.85. The summed E-state index contributed by atoms with van der Waals surface area (Å²) in [5.74, 6) is -0.181. The number of benzene rings is 1. The maximum Gasteiger partial charge on any atom is 0.255 e. The Morgan fingerprint density at radius 3 is 2.57 bits per heavy atom. The lowest BCUT2D eigenvalue weighted by atomic mass is 10.1. The standard InChI is InChI=1S/C19H21FN2O/c20-17-9-7-15(8-10-17)11-13-22(18-5-1-2-6-18)19(23)16-4-3-12-21-14-16/h3-4,7-10,12,14,18H,1-2,5-6,11,13H2. The Morgan fingerprint density at radius 1 is 1.17 bits per heavy atom. The van der Waals surface area contributed by atoms with E-state index in [0.29, 0.717) is 18.2 Å². The predicted molar refractivity (Wildman–Crippen MR) is 87.6 cm³/mol. The summed E-state index contributed by atoms with van der Waals surface area (Å²) >= 11 is 0. The van der Waals surface area contributed by atoms with E-state index in [-0.39, 0.29) is 11.7 Å². The molecule has 3 rings (SSSR count). The van der Waals surface area contributed by atoms with Gasteiger partial charge in [0.05, 0.1) is 5.56 Å². The fourth-order valence-corrected chi connectivity index (χ4v) is 3.22. The third-order valence-electron chi connectivity index (χ3n) is 4.49. The number of amides is 1. The van der Waals surface area contributed by atoms with Crippen molar-refractivity contribution in [1.82, 2.24) is 9.88 Å². The number of aromatic nitrogens is 1. The zero-order chi connectivity index (χ0) is 16.1. The third kappa shape index (κ3) is 3.95. The van der Waals surface area contributed by atoms with Gasteiger partial charge in [0.2, 0.25) is 0 Å². The van der Waals surface area contributed by atoms with Crippen LogP contribution < -0.4 is 0 Å². The Kier molecular flexibility index (Phi) is 5.01. The van der Waals surface area contributed by atoms with Crippen molar-refractivity contribution in [2.75, 3.05) is 6.54 Å². The lowest BCUT2D eigenvalue weighted by Crippen LogP contribution is -2.40. The van der Waals surface area contributed by atoms with Crippen LogP contribution in [0.3, 0.4) is 0 Å². The SMILES string of the molecule is O=C(c1cccnc1)N(CCc1ccc(F)cc1)C1CCCC1. The molecule has 1 saturated carbocycles. The highest BCUT2D eigenvalue weighted by molar-refractivity contribution is 5.94. The van der Waals surface area contributed by atoms with Gasteiger partial charge in [0, 0.05) is 25.0 Å². The minimum atomic E-state index is -0.229. The molecule has 1 aliphatic rings. The van der Waals surface area contributed by atoms with Crippen LogP contribution in [0.2, 0.25) is 0 Å². The molecule has 0 aliphatic heterocycles. The molecule has 120 valence electrons. The molecule has 1 aromatic carbocycles. The first-order valence-corrected chi connectivity index (χ1v) is 8.19. The topological polar surface area (TPSA) is 33.2 Å². The minimum absolute atomic E-state index is 0.0483. The Morgan fingerprint density at radius 2 is 1.91 bits per heavy atom. The fourth-order valence-electron chi connectivity index (χ4n) is 3.22. The van der Waals surface area contributed by atoms with Crippen LogP contribution in [-0.2, 0) is 6.42 Å². The van der Waals surface area contributed by atoms with Gasteiger partial charge in [0.15, 0.2) is 0 Å². The highest BCUT2D eigenvalue weighted by Crippen LogP contribution is 2.25. The van der Waals surface area contributed by atoms with Crippen molar-refractivity contribution >= 4 is 5.91 Å². The summed E-state index contributed by atoms with van der Waals surface area (Å²) in [5.41, 5.74) is 1.69. The zero-order valence-corrected chi connectivity index (χ0v) is 13.1.